The van der Waals surface area contributed by atoms with E-state index < -0.39 is 0 Å². The number of nitrogens with one attached hydrogen (secondary N) is 2. The Morgan fingerprint density at radius 1 is 1.24 bits per heavy atom. The zero-order valence-electron chi connectivity index (χ0n) is 9.71. The Morgan fingerprint density at radius 3 is 2.76 bits per heavy atom. The Bertz CT molecular complexity index is 370. The van der Waals surface area contributed by atoms with Gasteiger partial charge in [0.2, 0.25) is 5.91 Å². The monoisotopic (exact) mass is 236 g/mol. The molecular weight excluding hydrogens is 219 g/mol. The summed E-state index contributed by atoms with van der Waals surface area (Å²) in [6, 6.07) is 5.71. The molecule has 0 unspecified atom stereocenters. The highest BCUT2D eigenvalue weighted by Crippen LogP contribution is 2.12. The molecule has 1 aliphatic heterocycles. The van der Waals surface area contributed by atoms with E-state index in [1.807, 2.05) is 0 Å². The summed E-state index contributed by atoms with van der Waals surface area (Å²) in [7, 11) is 0. The maximum absolute atomic E-state index is 12.7. The third-order valence-corrected chi connectivity index (χ3v) is 2.99. The smallest absolute Gasteiger partial charge is 0.241 e. The van der Waals surface area contributed by atoms with E-state index in [1.165, 1.54) is 18.6 Å². The molecule has 0 aromatic heterocycles. The summed E-state index contributed by atoms with van der Waals surface area (Å²) in [6.45, 7) is 0.890. The number of hydrogen-bond donors (Lipinski definition) is 2. The number of anilines is 1. The van der Waals surface area contributed by atoms with Crippen LogP contribution in [0.2, 0.25) is 0 Å². The zero-order valence-corrected chi connectivity index (χ0v) is 9.71. The average molecular weight is 236 g/mol. The molecule has 92 valence electrons. The van der Waals surface area contributed by atoms with Crippen molar-refractivity contribution < 1.29 is 9.18 Å². The molecule has 1 saturated heterocycles. The third-order valence-electron chi connectivity index (χ3n) is 2.99. The molecule has 1 aromatic carbocycles. The van der Waals surface area contributed by atoms with Gasteiger partial charge in [0.25, 0.3) is 0 Å². The van der Waals surface area contributed by atoms with Crippen LogP contribution < -0.4 is 10.6 Å². The highest BCUT2D eigenvalue weighted by Gasteiger charge is 2.19. The summed E-state index contributed by atoms with van der Waals surface area (Å²) >= 11 is 0. The second-order valence-electron chi connectivity index (χ2n) is 4.35. The van der Waals surface area contributed by atoms with Crippen LogP contribution in [0.5, 0.6) is 0 Å². The largest absolute Gasteiger partial charge is 0.325 e. The van der Waals surface area contributed by atoms with Gasteiger partial charge >= 0.3 is 0 Å². The molecule has 1 atom stereocenters. The number of rotatable bonds is 2. The van der Waals surface area contributed by atoms with E-state index in [-0.39, 0.29) is 17.8 Å². The van der Waals surface area contributed by atoms with E-state index in [0.29, 0.717) is 5.69 Å². The number of halogens is 1. The molecule has 0 radical (unpaired) electrons. The van der Waals surface area contributed by atoms with Crippen molar-refractivity contribution >= 4 is 11.6 Å². The molecule has 17 heavy (non-hydrogen) atoms. The Morgan fingerprint density at radius 2 is 2.00 bits per heavy atom. The summed E-state index contributed by atoms with van der Waals surface area (Å²) in [5.74, 6) is -0.325. The normalized spacial score (nSPS) is 20.6. The lowest BCUT2D eigenvalue weighted by Crippen LogP contribution is -2.39. The quantitative estimate of drug-likeness (QED) is 0.827. The molecule has 2 N–H and O–H groups in total. The molecule has 1 fully saturated rings. The van der Waals surface area contributed by atoms with Gasteiger partial charge < -0.3 is 10.6 Å². The third kappa shape index (κ3) is 3.53. The van der Waals surface area contributed by atoms with Crippen molar-refractivity contribution in [2.45, 2.75) is 31.7 Å². The first-order valence-corrected chi connectivity index (χ1v) is 6.05. The minimum absolute atomic E-state index is 0.0292. The van der Waals surface area contributed by atoms with Crippen molar-refractivity contribution in [1.29, 1.82) is 0 Å². The van der Waals surface area contributed by atoms with Gasteiger partial charge in [0.05, 0.1) is 6.04 Å². The van der Waals surface area contributed by atoms with E-state index >= 15 is 0 Å². The first-order valence-electron chi connectivity index (χ1n) is 6.05. The van der Waals surface area contributed by atoms with Crippen LogP contribution in [0, 0.1) is 5.82 Å². The van der Waals surface area contributed by atoms with Crippen molar-refractivity contribution in [3.8, 4) is 0 Å². The van der Waals surface area contributed by atoms with Gasteiger partial charge in [-0.05, 0) is 43.7 Å². The highest BCUT2D eigenvalue weighted by atomic mass is 19.1. The number of hydrogen-bond acceptors (Lipinski definition) is 2. The van der Waals surface area contributed by atoms with Gasteiger partial charge in [-0.25, -0.2) is 4.39 Å². The molecule has 2 rings (SSSR count). The van der Waals surface area contributed by atoms with Crippen LogP contribution in [0.1, 0.15) is 25.7 Å². The van der Waals surface area contributed by atoms with Gasteiger partial charge in [0.1, 0.15) is 5.82 Å². The van der Waals surface area contributed by atoms with Gasteiger partial charge in [0.15, 0.2) is 0 Å². The SMILES string of the molecule is O=C(Nc1ccc(F)cc1)[C@@H]1CCCCCN1. The second-order valence-corrected chi connectivity index (χ2v) is 4.35. The van der Waals surface area contributed by atoms with Crippen molar-refractivity contribution in [2.75, 3.05) is 11.9 Å². The lowest BCUT2D eigenvalue weighted by atomic mass is 10.1. The second kappa shape index (κ2) is 5.77. The van der Waals surface area contributed by atoms with E-state index in [0.717, 1.165) is 25.8 Å². The van der Waals surface area contributed by atoms with Gasteiger partial charge in [-0.15, -0.1) is 0 Å². The van der Waals surface area contributed by atoms with Gasteiger partial charge in [-0.3, -0.25) is 4.79 Å². The predicted octanol–water partition coefficient (Wildman–Crippen LogP) is 2.30. The Hall–Kier alpha value is -1.42. The van der Waals surface area contributed by atoms with E-state index in [2.05, 4.69) is 10.6 Å². The van der Waals surface area contributed by atoms with Gasteiger partial charge in [-0.2, -0.15) is 0 Å². The highest BCUT2D eigenvalue weighted by molar-refractivity contribution is 5.94. The minimum Gasteiger partial charge on any atom is -0.325 e. The van der Waals surface area contributed by atoms with Crippen molar-refractivity contribution in [2.24, 2.45) is 0 Å². The maximum Gasteiger partial charge on any atom is 0.241 e. The average Bonchev–Trinajstić information content (AvgIpc) is 2.61. The summed E-state index contributed by atoms with van der Waals surface area (Å²) in [5.41, 5.74) is 0.641. The lowest BCUT2D eigenvalue weighted by molar-refractivity contribution is -0.118. The molecule has 0 spiro atoms. The van der Waals surface area contributed by atoms with Crippen LogP contribution in [0.4, 0.5) is 10.1 Å². The number of benzene rings is 1. The molecule has 0 bridgehead atoms. The lowest BCUT2D eigenvalue weighted by Gasteiger charge is -2.15. The zero-order chi connectivity index (χ0) is 12.1. The fraction of sp³-hybridized carbons (Fsp3) is 0.462. The molecular formula is C13H17FN2O. The van der Waals surface area contributed by atoms with Crippen molar-refractivity contribution in [3.63, 3.8) is 0 Å². The topological polar surface area (TPSA) is 41.1 Å². The molecule has 1 heterocycles. The molecule has 1 aliphatic rings. The predicted molar refractivity (Wildman–Crippen MR) is 65.3 cm³/mol. The standard InChI is InChI=1S/C13H17FN2O/c14-10-5-7-11(8-6-10)16-13(17)12-4-2-1-3-9-15-12/h5-8,12,15H,1-4,9H2,(H,16,17)/t12-/m0/s1. The minimum atomic E-state index is -0.296. The van der Waals surface area contributed by atoms with Crippen LogP contribution in [-0.4, -0.2) is 18.5 Å². The van der Waals surface area contributed by atoms with Crippen LogP contribution in [0.3, 0.4) is 0 Å². The van der Waals surface area contributed by atoms with Crippen molar-refractivity contribution in [1.82, 2.24) is 5.32 Å². The summed E-state index contributed by atoms with van der Waals surface area (Å²) in [5, 5.41) is 6.03. The molecule has 4 heteroatoms. The summed E-state index contributed by atoms with van der Waals surface area (Å²) in [6.07, 6.45) is 4.25. The van der Waals surface area contributed by atoms with Crippen LogP contribution in [-0.2, 0) is 4.79 Å². The Balaban J connectivity index is 1.93. The van der Waals surface area contributed by atoms with E-state index in [9.17, 15) is 9.18 Å². The van der Waals surface area contributed by atoms with E-state index in [1.54, 1.807) is 12.1 Å². The fourth-order valence-corrected chi connectivity index (χ4v) is 2.01. The molecule has 0 saturated carbocycles. The molecule has 1 amide bonds. The molecule has 3 nitrogen and oxygen atoms in total. The first-order chi connectivity index (χ1) is 8.25. The Kier molecular flexibility index (Phi) is 4.09. The maximum atomic E-state index is 12.7. The number of carbonyl (C=O) groups excluding carboxylic acids is 1. The van der Waals surface area contributed by atoms with E-state index in [4.69, 9.17) is 0 Å². The van der Waals surface area contributed by atoms with Crippen molar-refractivity contribution in [3.05, 3.63) is 30.1 Å². The molecule has 1 aromatic rings. The summed E-state index contributed by atoms with van der Waals surface area (Å²) in [4.78, 5) is 11.9. The van der Waals surface area contributed by atoms with Crippen LogP contribution in [0.15, 0.2) is 24.3 Å². The Labute approximate surface area is 100 Å². The van der Waals surface area contributed by atoms with Gasteiger partial charge in [0, 0.05) is 5.69 Å². The number of amides is 1. The van der Waals surface area contributed by atoms with Gasteiger partial charge in [-0.1, -0.05) is 12.8 Å². The number of carbonyl (C=O) groups is 1. The van der Waals surface area contributed by atoms with Crippen LogP contribution >= 0.6 is 0 Å². The molecule has 0 aliphatic carbocycles. The van der Waals surface area contributed by atoms with Crippen LogP contribution in [0.25, 0.3) is 0 Å². The first kappa shape index (κ1) is 12.0. The fourth-order valence-electron chi connectivity index (χ4n) is 2.01. The summed E-state index contributed by atoms with van der Waals surface area (Å²) < 4.78 is 12.7.